The minimum atomic E-state index is -0.396. The number of rotatable bonds is 7. The number of ether oxygens (including phenoxy) is 1. The Kier molecular flexibility index (Phi) is 6.29. The highest BCUT2D eigenvalue weighted by molar-refractivity contribution is 7.17. The Morgan fingerprint density at radius 3 is 2.70 bits per heavy atom. The van der Waals surface area contributed by atoms with Crippen LogP contribution < -0.4 is 5.32 Å². The highest BCUT2D eigenvalue weighted by Gasteiger charge is 2.17. The molecule has 1 aromatic carbocycles. The number of carbonyl (C=O) groups is 2. The number of nitrogens with zero attached hydrogens (tertiary/aromatic N) is 1. The average molecular weight is 332 g/mol. The monoisotopic (exact) mass is 332 g/mol. The molecule has 0 aliphatic heterocycles. The first-order chi connectivity index (χ1) is 11.1. The van der Waals surface area contributed by atoms with Crippen molar-refractivity contribution in [2.24, 2.45) is 0 Å². The molecule has 0 aliphatic rings. The van der Waals surface area contributed by atoms with Gasteiger partial charge in [0.2, 0.25) is 5.91 Å². The van der Waals surface area contributed by atoms with Crippen molar-refractivity contribution >= 4 is 28.3 Å². The Hall–Kier alpha value is -2.21. The van der Waals surface area contributed by atoms with Crippen LogP contribution in [0.1, 0.15) is 40.7 Å². The molecule has 1 heterocycles. The summed E-state index contributed by atoms with van der Waals surface area (Å²) in [6.45, 7) is 3.80. The Bertz CT molecular complexity index is 668. The van der Waals surface area contributed by atoms with E-state index >= 15 is 0 Å². The fourth-order valence-electron chi connectivity index (χ4n) is 2.12. The van der Waals surface area contributed by atoms with Gasteiger partial charge in [-0.25, -0.2) is 9.78 Å². The number of benzene rings is 1. The number of nitrogens with one attached hydrogen (secondary N) is 1. The summed E-state index contributed by atoms with van der Waals surface area (Å²) in [6.07, 6.45) is 2.05. The zero-order valence-corrected chi connectivity index (χ0v) is 14.1. The average Bonchev–Trinajstić information content (AvgIpc) is 2.89. The predicted molar refractivity (Wildman–Crippen MR) is 90.8 cm³/mol. The minimum absolute atomic E-state index is 0.0925. The van der Waals surface area contributed by atoms with Crippen LogP contribution in [0, 0.1) is 6.92 Å². The van der Waals surface area contributed by atoms with Crippen molar-refractivity contribution in [2.75, 3.05) is 11.9 Å². The quantitative estimate of drug-likeness (QED) is 0.787. The van der Waals surface area contributed by atoms with Gasteiger partial charge in [0, 0.05) is 6.42 Å². The van der Waals surface area contributed by atoms with E-state index in [1.165, 1.54) is 5.56 Å². The van der Waals surface area contributed by atoms with E-state index in [1.54, 1.807) is 13.8 Å². The number of esters is 1. The van der Waals surface area contributed by atoms with Crippen LogP contribution in [0.2, 0.25) is 0 Å². The first-order valence-electron chi connectivity index (χ1n) is 7.58. The van der Waals surface area contributed by atoms with E-state index in [0.717, 1.165) is 24.2 Å². The van der Waals surface area contributed by atoms with Gasteiger partial charge in [0.05, 0.1) is 12.3 Å². The van der Waals surface area contributed by atoms with Crippen LogP contribution in [0.5, 0.6) is 0 Å². The van der Waals surface area contributed by atoms with Crippen LogP contribution in [0.4, 0.5) is 5.13 Å². The molecule has 2 aromatic rings. The second-order valence-electron chi connectivity index (χ2n) is 5.04. The number of thiazole rings is 1. The van der Waals surface area contributed by atoms with Gasteiger partial charge in [-0.2, -0.15) is 0 Å². The Labute approximate surface area is 139 Å². The van der Waals surface area contributed by atoms with Crippen LogP contribution in [-0.4, -0.2) is 23.5 Å². The van der Waals surface area contributed by atoms with Crippen LogP contribution in [0.3, 0.4) is 0 Å². The zero-order valence-electron chi connectivity index (χ0n) is 13.3. The third-order valence-electron chi connectivity index (χ3n) is 3.22. The summed E-state index contributed by atoms with van der Waals surface area (Å²) >= 11 is 1.15. The van der Waals surface area contributed by atoms with E-state index in [0.29, 0.717) is 28.7 Å². The lowest BCUT2D eigenvalue weighted by atomic mass is 10.1. The lowest BCUT2D eigenvalue weighted by molar-refractivity contribution is -0.116. The van der Waals surface area contributed by atoms with Crippen molar-refractivity contribution in [2.45, 2.75) is 33.1 Å². The molecule has 0 saturated heterocycles. The van der Waals surface area contributed by atoms with Gasteiger partial charge in [0.1, 0.15) is 4.88 Å². The molecule has 5 nitrogen and oxygen atoms in total. The van der Waals surface area contributed by atoms with Crippen molar-refractivity contribution in [1.29, 1.82) is 0 Å². The molecule has 0 aliphatic carbocycles. The highest BCUT2D eigenvalue weighted by atomic mass is 32.1. The summed E-state index contributed by atoms with van der Waals surface area (Å²) < 4.78 is 4.96. The molecule has 23 heavy (non-hydrogen) atoms. The van der Waals surface area contributed by atoms with Crippen molar-refractivity contribution in [1.82, 2.24) is 4.98 Å². The molecule has 122 valence electrons. The van der Waals surface area contributed by atoms with Gasteiger partial charge >= 0.3 is 5.97 Å². The van der Waals surface area contributed by atoms with E-state index in [-0.39, 0.29) is 5.91 Å². The first kappa shape index (κ1) is 17.1. The number of aromatic nitrogens is 1. The Balaban J connectivity index is 1.83. The molecule has 1 aromatic heterocycles. The highest BCUT2D eigenvalue weighted by Crippen LogP contribution is 2.23. The van der Waals surface area contributed by atoms with Gasteiger partial charge in [-0.1, -0.05) is 41.7 Å². The summed E-state index contributed by atoms with van der Waals surface area (Å²) in [5, 5.41) is 3.19. The van der Waals surface area contributed by atoms with Gasteiger partial charge in [0.15, 0.2) is 5.13 Å². The fourth-order valence-corrected chi connectivity index (χ4v) is 2.99. The summed E-state index contributed by atoms with van der Waals surface area (Å²) in [4.78, 5) is 28.3. The van der Waals surface area contributed by atoms with Crippen molar-refractivity contribution < 1.29 is 14.3 Å². The molecule has 0 saturated carbocycles. The van der Waals surface area contributed by atoms with Gasteiger partial charge in [0.25, 0.3) is 0 Å². The standard InChI is InChI=1S/C17H20N2O3S/c1-3-22-16(21)15-12(2)18-17(23-15)19-14(20)11-7-10-13-8-5-4-6-9-13/h4-6,8-9H,3,7,10-11H2,1-2H3,(H,18,19,20). The summed E-state index contributed by atoms with van der Waals surface area (Å²) in [5.41, 5.74) is 1.79. The lowest BCUT2D eigenvalue weighted by Crippen LogP contribution is -2.11. The number of aryl methyl sites for hydroxylation is 2. The van der Waals surface area contributed by atoms with E-state index in [2.05, 4.69) is 10.3 Å². The fraction of sp³-hybridized carbons (Fsp3) is 0.353. The normalized spacial score (nSPS) is 10.3. The lowest BCUT2D eigenvalue weighted by Gasteiger charge is -2.02. The molecule has 0 radical (unpaired) electrons. The van der Waals surface area contributed by atoms with Crippen molar-refractivity contribution in [3.8, 4) is 0 Å². The van der Waals surface area contributed by atoms with Crippen molar-refractivity contribution in [3.05, 3.63) is 46.5 Å². The maximum Gasteiger partial charge on any atom is 0.350 e. The number of hydrogen-bond donors (Lipinski definition) is 1. The molecule has 0 fully saturated rings. The Morgan fingerprint density at radius 1 is 1.26 bits per heavy atom. The molecular formula is C17H20N2O3S. The Morgan fingerprint density at radius 2 is 2.00 bits per heavy atom. The smallest absolute Gasteiger partial charge is 0.350 e. The molecule has 0 bridgehead atoms. The maximum absolute atomic E-state index is 12.0. The van der Waals surface area contributed by atoms with Crippen molar-refractivity contribution in [3.63, 3.8) is 0 Å². The predicted octanol–water partition coefficient (Wildman–Crippen LogP) is 3.59. The van der Waals surface area contributed by atoms with Gasteiger partial charge in [-0.05, 0) is 32.3 Å². The topological polar surface area (TPSA) is 68.3 Å². The van der Waals surface area contributed by atoms with Gasteiger partial charge in [-0.3, -0.25) is 4.79 Å². The molecule has 6 heteroatoms. The number of carbonyl (C=O) groups excluding carboxylic acids is 2. The zero-order chi connectivity index (χ0) is 16.7. The van der Waals surface area contributed by atoms with E-state index < -0.39 is 5.97 Å². The van der Waals surface area contributed by atoms with E-state index in [9.17, 15) is 9.59 Å². The van der Waals surface area contributed by atoms with Gasteiger partial charge in [-0.15, -0.1) is 0 Å². The molecule has 1 N–H and O–H groups in total. The minimum Gasteiger partial charge on any atom is -0.462 e. The molecule has 0 atom stereocenters. The third-order valence-corrected chi connectivity index (χ3v) is 4.27. The number of hydrogen-bond acceptors (Lipinski definition) is 5. The van der Waals surface area contributed by atoms with Crippen LogP contribution in [0.25, 0.3) is 0 Å². The van der Waals surface area contributed by atoms with E-state index in [4.69, 9.17) is 4.74 Å². The molecule has 1 amide bonds. The second kappa shape index (κ2) is 8.43. The van der Waals surface area contributed by atoms with Crippen LogP contribution >= 0.6 is 11.3 Å². The largest absolute Gasteiger partial charge is 0.462 e. The number of anilines is 1. The molecule has 2 rings (SSSR count). The van der Waals surface area contributed by atoms with Gasteiger partial charge < -0.3 is 10.1 Å². The maximum atomic E-state index is 12.0. The second-order valence-corrected chi connectivity index (χ2v) is 6.04. The SMILES string of the molecule is CCOC(=O)c1sc(NC(=O)CCCc2ccccc2)nc1C. The molecular weight excluding hydrogens is 312 g/mol. The summed E-state index contributed by atoms with van der Waals surface area (Å²) in [6, 6.07) is 10.1. The third kappa shape index (κ3) is 5.17. The number of amides is 1. The van der Waals surface area contributed by atoms with Crippen LogP contribution in [0.15, 0.2) is 30.3 Å². The van der Waals surface area contributed by atoms with E-state index in [1.807, 2.05) is 30.3 Å². The summed E-state index contributed by atoms with van der Waals surface area (Å²) in [7, 11) is 0. The molecule has 0 spiro atoms. The summed E-state index contributed by atoms with van der Waals surface area (Å²) in [5.74, 6) is -0.489. The van der Waals surface area contributed by atoms with Crippen LogP contribution in [-0.2, 0) is 16.0 Å². The molecule has 0 unspecified atom stereocenters. The first-order valence-corrected chi connectivity index (χ1v) is 8.40.